The molecule has 0 radical (unpaired) electrons. The Kier molecular flexibility index (Phi) is 4.48. The Hall–Kier alpha value is -1.93. The molecule has 1 N–H and O–H groups in total. The molecule has 0 aromatic carbocycles. The molecule has 1 aliphatic rings. The summed E-state index contributed by atoms with van der Waals surface area (Å²) >= 11 is 0. The maximum atomic E-state index is 11.9. The van der Waals surface area contributed by atoms with Gasteiger partial charge in [0.2, 0.25) is 0 Å². The molecule has 5 nitrogen and oxygen atoms in total. The largest absolute Gasteiger partial charge is 0.350 e. The van der Waals surface area contributed by atoms with Crippen molar-refractivity contribution in [3.63, 3.8) is 0 Å². The number of aromatic nitrogens is 1. The smallest absolute Gasteiger partial charge is 0.269 e. The number of hydrogen-bond acceptors (Lipinski definition) is 4. The fourth-order valence-corrected chi connectivity index (χ4v) is 2.39. The maximum Gasteiger partial charge on any atom is 0.269 e. The van der Waals surface area contributed by atoms with Crippen molar-refractivity contribution >= 4 is 5.91 Å². The standard InChI is InChI=1S/C14H18N4O/c1-18-7-3-4-11(10-18)9-16-14(19)13-6-2-5-12(8-15)17-13/h2,5-6,11H,3-4,7,9-10H2,1H3,(H,16,19). The first-order valence-corrected chi connectivity index (χ1v) is 6.53. The van der Waals surface area contributed by atoms with Crippen LogP contribution in [0.2, 0.25) is 0 Å². The quantitative estimate of drug-likeness (QED) is 0.879. The second-order valence-corrected chi connectivity index (χ2v) is 5.00. The Balaban J connectivity index is 1.88. The minimum Gasteiger partial charge on any atom is -0.350 e. The number of pyridine rings is 1. The summed E-state index contributed by atoms with van der Waals surface area (Å²) in [6.45, 7) is 2.82. The third-order valence-corrected chi connectivity index (χ3v) is 3.37. The number of nitrogens with one attached hydrogen (secondary N) is 1. The van der Waals surface area contributed by atoms with Crippen LogP contribution in [0.1, 0.15) is 29.0 Å². The number of rotatable bonds is 3. The summed E-state index contributed by atoms with van der Waals surface area (Å²) < 4.78 is 0. The maximum absolute atomic E-state index is 11.9. The number of hydrogen-bond donors (Lipinski definition) is 1. The molecule has 5 heteroatoms. The number of carbonyl (C=O) groups excluding carboxylic acids is 1. The van der Waals surface area contributed by atoms with Gasteiger partial charge >= 0.3 is 0 Å². The average molecular weight is 258 g/mol. The predicted octanol–water partition coefficient (Wildman–Crippen LogP) is 1.02. The fraction of sp³-hybridized carbons (Fsp3) is 0.500. The fourth-order valence-electron chi connectivity index (χ4n) is 2.39. The second-order valence-electron chi connectivity index (χ2n) is 5.00. The van der Waals surface area contributed by atoms with Crippen LogP contribution in [0, 0.1) is 17.2 Å². The minimum absolute atomic E-state index is 0.203. The summed E-state index contributed by atoms with van der Waals surface area (Å²) in [5.41, 5.74) is 0.577. The Morgan fingerprint density at radius 1 is 1.63 bits per heavy atom. The van der Waals surface area contributed by atoms with Gasteiger partial charge in [0.1, 0.15) is 17.5 Å². The first kappa shape index (κ1) is 13.5. The van der Waals surface area contributed by atoms with E-state index in [1.54, 1.807) is 18.2 Å². The Morgan fingerprint density at radius 3 is 3.21 bits per heavy atom. The molecular formula is C14H18N4O. The number of nitrogens with zero attached hydrogens (tertiary/aromatic N) is 3. The van der Waals surface area contributed by atoms with Crippen LogP contribution in [0.5, 0.6) is 0 Å². The first-order chi connectivity index (χ1) is 9.19. The van der Waals surface area contributed by atoms with E-state index in [0.717, 1.165) is 19.5 Å². The zero-order chi connectivity index (χ0) is 13.7. The molecular weight excluding hydrogens is 240 g/mol. The zero-order valence-electron chi connectivity index (χ0n) is 11.1. The first-order valence-electron chi connectivity index (χ1n) is 6.53. The predicted molar refractivity (Wildman–Crippen MR) is 71.5 cm³/mol. The lowest BCUT2D eigenvalue weighted by atomic mass is 9.98. The highest BCUT2D eigenvalue weighted by Crippen LogP contribution is 2.14. The SMILES string of the molecule is CN1CCCC(CNC(=O)c2cccc(C#N)n2)C1. The summed E-state index contributed by atoms with van der Waals surface area (Å²) in [5.74, 6) is 0.298. The summed E-state index contributed by atoms with van der Waals surface area (Å²) in [6.07, 6.45) is 2.33. The van der Waals surface area contributed by atoms with Crippen molar-refractivity contribution in [2.45, 2.75) is 12.8 Å². The molecule has 19 heavy (non-hydrogen) atoms. The molecule has 2 rings (SSSR count). The van der Waals surface area contributed by atoms with Gasteiger partial charge < -0.3 is 10.2 Å². The molecule has 0 bridgehead atoms. The van der Waals surface area contributed by atoms with Crippen molar-refractivity contribution in [2.75, 3.05) is 26.7 Å². The molecule has 1 fully saturated rings. The Bertz CT molecular complexity index is 494. The van der Waals surface area contributed by atoms with Crippen LogP contribution in [-0.2, 0) is 0 Å². The molecule has 1 saturated heterocycles. The normalized spacial score (nSPS) is 19.7. The van der Waals surface area contributed by atoms with E-state index in [2.05, 4.69) is 22.2 Å². The van der Waals surface area contributed by atoms with Crippen molar-refractivity contribution in [2.24, 2.45) is 5.92 Å². The molecule has 1 amide bonds. The zero-order valence-corrected chi connectivity index (χ0v) is 11.1. The van der Waals surface area contributed by atoms with Crippen LogP contribution < -0.4 is 5.32 Å². The van der Waals surface area contributed by atoms with Crippen molar-refractivity contribution in [1.82, 2.24) is 15.2 Å². The van der Waals surface area contributed by atoms with Gasteiger partial charge in [-0.3, -0.25) is 4.79 Å². The van der Waals surface area contributed by atoms with Crippen molar-refractivity contribution in [1.29, 1.82) is 5.26 Å². The van der Waals surface area contributed by atoms with Crippen LogP contribution in [-0.4, -0.2) is 42.5 Å². The van der Waals surface area contributed by atoms with E-state index < -0.39 is 0 Å². The van der Waals surface area contributed by atoms with Gasteiger partial charge in [-0.25, -0.2) is 4.98 Å². The highest BCUT2D eigenvalue weighted by atomic mass is 16.1. The highest BCUT2D eigenvalue weighted by molar-refractivity contribution is 5.92. The van der Waals surface area contributed by atoms with E-state index in [1.165, 1.54) is 6.42 Å². The average Bonchev–Trinajstić information content (AvgIpc) is 2.45. The van der Waals surface area contributed by atoms with E-state index >= 15 is 0 Å². The number of nitriles is 1. The van der Waals surface area contributed by atoms with Crippen molar-refractivity contribution in [3.05, 3.63) is 29.6 Å². The van der Waals surface area contributed by atoms with E-state index in [1.807, 2.05) is 6.07 Å². The van der Waals surface area contributed by atoms with Gasteiger partial charge in [-0.05, 0) is 44.5 Å². The molecule has 1 aromatic heterocycles. The topological polar surface area (TPSA) is 69.0 Å². The second kappa shape index (κ2) is 6.30. The van der Waals surface area contributed by atoms with Gasteiger partial charge in [-0.1, -0.05) is 6.07 Å². The Morgan fingerprint density at radius 2 is 2.47 bits per heavy atom. The molecule has 1 aliphatic heterocycles. The third kappa shape index (κ3) is 3.76. The molecule has 0 aliphatic carbocycles. The monoisotopic (exact) mass is 258 g/mol. The lowest BCUT2D eigenvalue weighted by Gasteiger charge is -2.29. The van der Waals surface area contributed by atoms with Crippen molar-refractivity contribution in [3.8, 4) is 6.07 Å². The summed E-state index contributed by atoms with van der Waals surface area (Å²) in [6, 6.07) is 6.83. The van der Waals surface area contributed by atoms with Crippen LogP contribution in [0.3, 0.4) is 0 Å². The van der Waals surface area contributed by atoms with Gasteiger partial charge in [0, 0.05) is 13.1 Å². The van der Waals surface area contributed by atoms with Gasteiger partial charge in [-0.2, -0.15) is 5.26 Å². The van der Waals surface area contributed by atoms with Gasteiger partial charge in [0.25, 0.3) is 5.91 Å². The molecule has 1 unspecified atom stereocenters. The number of piperidine rings is 1. The summed E-state index contributed by atoms with van der Waals surface area (Å²) in [4.78, 5) is 18.2. The molecule has 0 spiro atoms. The number of amides is 1. The van der Waals surface area contributed by atoms with Gasteiger partial charge in [0.15, 0.2) is 0 Å². The molecule has 1 aromatic rings. The lowest BCUT2D eigenvalue weighted by molar-refractivity contribution is 0.0932. The molecule has 100 valence electrons. The van der Waals surface area contributed by atoms with Crippen LogP contribution in [0.15, 0.2) is 18.2 Å². The lowest BCUT2D eigenvalue weighted by Crippen LogP contribution is -2.39. The van der Waals surface area contributed by atoms with E-state index in [-0.39, 0.29) is 11.6 Å². The molecule has 1 atom stereocenters. The van der Waals surface area contributed by atoms with Gasteiger partial charge in [0.05, 0.1) is 0 Å². The van der Waals surface area contributed by atoms with Crippen LogP contribution >= 0.6 is 0 Å². The Labute approximate surface area is 113 Å². The van der Waals surface area contributed by atoms with Gasteiger partial charge in [-0.15, -0.1) is 0 Å². The third-order valence-electron chi connectivity index (χ3n) is 3.37. The number of likely N-dealkylation sites (tertiary alicyclic amines) is 1. The van der Waals surface area contributed by atoms with E-state index in [4.69, 9.17) is 5.26 Å². The molecule has 2 heterocycles. The summed E-state index contributed by atoms with van der Waals surface area (Å²) in [5, 5.41) is 11.7. The van der Waals surface area contributed by atoms with Crippen LogP contribution in [0.25, 0.3) is 0 Å². The number of carbonyl (C=O) groups is 1. The summed E-state index contributed by atoms with van der Waals surface area (Å²) in [7, 11) is 2.10. The molecule has 0 saturated carbocycles. The van der Waals surface area contributed by atoms with Crippen LogP contribution in [0.4, 0.5) is 0 Å². The highest BCUT2D eigenvalue weighted by Gasteiger charge is 2.18. The van der Waals surface area contributed by atoms with E-state index in [9.17, 15) is 4.79 Å². The van der Waals surface area contributed by atoms with Crippen molar-refractivity contribution < 1.29 is 4.79 Å². The minimum atomic E-state index is -0.203. The van der Waals surface area contributed by atoms with E-state index in [0.29, 0.717) is 18.2 Å².